The molecule has 114 valence electrons. The number of carbonyl (C=O) groups excluding carboxylic acids is 1. The first-order chi connectivity index (χ1) is 9.64. The molecule has 2 N–H and O–H groups in total. The molecule has 3 rings (SSSR count). The van der Waals surface area contributed by atoms with Gasteiger partial charge in [-0.3, -0.25) is 9.69 Å². The van der Waals surface area contributed by atoms with E-state index in [-0.39, 0.29) is 5.97 Å². The molecule has 1 aliphatic heterocycles. The Morgan fingerprint density at radius 1 is 1.45 bits per heavy atom. The monoisotopic (exact) mass is 282 g/mol. The number of nitrogens with zero attached hydrogens (tertiary/aromatic N) is 1. The minimum Gasteiger partial charge on any atom is -0.465 e. The van der Waals surface area contributed by atoms with E-state index in [9.17, 15) is 4.79 Å². The first kappa shape index (κ1) is 14.3. The van der Waals surface area contributed by atoms with Crippen molar-refractivity contribution in [2.75, 3.05) is 19.8 Å². The third-order valence-corrected chi connectivity index (χ3v) is 5.20. The van der Waals surface area contributed by atoms with Crippen molar-refractivity contribution in [1.29, 1.82) is 0 Å². The normalized spacial score (nSPS) is 41.6. The summed E-state index contributed by atoms with van der Waals surface area (Å²) in [6, 6.07) is 0.956. The molecule has 1 heterocycles. The molecule has 5 nitrogen and oxygen atoms in total. The van der Waals surface area contributed by atoms with Crippen LogP contribution in [0.3, 0.4) is 0 Å². The van der Waals surface area contributed by atoms with Crippen LogP contribution in [0, 0.1) is 0 Å². The number of rotatable bonds is 3. The van der Waals surface area contributed by atoms with Gasteiger partial charge in [0, 0.05) is 18.6 Å². The number of hydrogen-bond acceptors (Lipinski definition) is 5. The molecule has 3 aliphatic rings. The second-order valence-electron chi connectivity index (χ2n) is 6.42. The van der Waals surface area contributed by atoms with Gasteiger partial charge in [-0.25, -0.2) is 0 Å². The third-order valence-electron chi connectivity index (χ3n) is 5.20. The second-order valence-corrected chi connectivity index (χ2v) is 6.42. The van der Waals surface area contributed by atoms with Crippen LogP contribution in [0.2, 0.25) is 0 Å². The van der Waals surface area contributed by atoms with E-state index in [1.807, 2.05) is 6.92 Å². The zero-order chi connectivity index (χ0) is 14.2. The average Bonchev–Trinajstić information content (AvgIpc) is 3.05. The highest BCUT2D eigenvalue weighted by Crippen LogP contribution is 2.38. The fourth-order valence-corrected chi connectivity index (χ4v) is 4.20. The van der Waals surface area contributed by atoms with Crippen molar-refractivity contribution < 1.29 is 14.3 Å². The minimum atomic E-state index is -0.771. The standard InChI is InChI=1S/C15H26N2O3/c1-2-19-14(18)15(16)7-6-11(10-15)17-8-9-20-13-5-3-4-12(13)17/h11-13H,2-10,16H2,1H3. The predicted octanol–water partition coefficient (Wildman–Crippen LogP) is 1.05. The molecular formula is C15H26N2O3. The van der Waals surface area contributed by atoms with Crippen LogP contribution in [0.1, 0.15) is 45.4 Å². The van der Waals surface area contributed by atoms with Gasteiger partial charge >= 0.3 is 5.97 Å². The number of nitrogens with two attached hydrogens (primary N) is 1. The Labute approximate surface area is 120 Å². The third kappa shape index (κ3) is 2.47. The largest absolute Gasteiger partial charge is 0.465 e. The first-order valence-corrected chi connectivity index (χ1v) is 7.97. The highest BCUT2D eigenvalue weighted by molar-refractivity contribution is 5.81. The summed E-state index contributed by atoms with van der Waals surface area (Å²) in [7, 11) is 0. The van der Waals surface area contributed by atoms with Crippen LogP contribution in [0.15, 0.2) is 0 Å². The lowest BCUT2D eigenvalue weighted by Gasteiger charge is -2.41. The fraction of sp³-hybridized carbons (Fsp3) is 0.933. The number of ether oxygens (including phenoxy) is 2. The fourth-order valence-electron chi connectivity index (χ4n) is 4.20. The van der Waals surface area contributed by atoms with Gasteiger partial charge in [0.05, 0.1) is 19.3 Å². The van der Waals surface area contributed by atoms with Gasteiger partial charge in [-0.15, -0.1) is 0 Å². The van der Waals surface area contributed by atoms with E-state index in [4.69, 9.17) is 15.2 Å². The Kier molecular flexibility index (Phi) is 4.02. The number of fused-ring (bicyclic) bond motifs is 1. The van der Waals surface area contributed by atoms with Crippen molar-refractivity contribution in [2.45, 2.75) is 69.2 Å². The van der Waals surface area contributed by atoms with Crippen LogP contribution < -0.4 is 5.73 Å². The van der Waals surface area contributed by atoms with E-state index in [0.717, 1.165) is 32.4 Å². The molecule has 0 amide bonds. The van der Waals surface area contributed by atoms with Crippen LogP contribution in [0.4, 0.5) is 0 Å². The molecule has 0 bridgehead atoms. The van der Waals surface area contributed by atoms with Gasteiger partial charge < -0.3 is 15.2 Å². The Bertz CT molecular complexity index is 376. The summed E-state index contributed by atoms with van der Waals surface area (Å²) in [4.78, 5) is 14.6. The maximum atomic E-state index is 12.0. The van der Waals surface area contributed by atoms with E-state index in [0.29, 0.717) is 24.8 Å². The molecule has 0 aromatic heterocycles. The molecule has 1 saturated heterocycles. The van der Waals surface area contributed by atoms with Crippen molar-refractivity contribution in [2.24, 2.45) is 5.73 Å². The van der Waals surface area contributed by atoms with Crippen molar-refractivity contribution in [1.82, 2.24) is 4.90 Å². The van der Waals surface area contributed by atoms with Gasteiger partial charge in [-0.05, 0) is 45.4 Å². The van der Waals surface area contributed by atoms with Crippen molar-refractivity contribution in [3.63, 3.8) is 0 Å². The summed E-state index contributed by atoms with van der Waals surface area (Å²) >= 11 is 0. The van der Waals surface area contributed by atoms with Crippen molar-refractivity contribution in [3.05, 3.63) is 0 Å². The van der Waals surface area contributed by atoms with E-state index in [2.05, 4.69) is 4.90 Å². The highest BCUT2D eigenvalue weighted by Gasteiger charge is 2.48. The Morgan fingerprint density at radius 2 is 2.30 bits per heavy atom. The van der Waals surface area contributed by atoms with Crippen molar-refractivity contribution >= 4 is 5.97 Å². The molecule has 5 heteroatoms. The molecule has 2 saturated carbocycles. The van der Waals surface area contributed by atoms with E-state index >= 15 is 0 Å². The molecule has 3 fully saturated rings. The van der Waals surface area contributed by atoms with Gasteiger partial charge in [-0.2, -0.15) is 0 Å². The summed E-state index contributed by atoms with van der Waals surface area (Å²) in [5, 5.41) is 0. The molecule has 0 spiro atoms. The van der Waals surface area contributed by atoms with Crippen LogP contribution in [-0.4, -0.2) is 54.4 Å². The molecule has 2 aliphatic carbocycles. The lowest BCUT2D eigenvalue weighted by atomic mass is 9.98. The van der Waals surface area contributed by atoms with Crippen LogP contribution >= 0.6 is 0 Å². The Hall–Kier alpha value is -0.650. The molecule has 4 atom stereocenters. The quantitative estimate of drug-likeness (QED) is 0.784. The Morgan fingerprint density at radius 3 is 3.10 bits per heavy atom. The van der Waals surface area contributed by atoms with E-state index in [1.54, 1.807) is 0 Å². The summed E-state index contributed by atoms with van der Waals surface area (Å²) in [5.74, 6) is -0.223. The number of carbonyl (C=O) groups is 1. The lowest BCUT2D eigenvalue weighted by Crippen LogP contribution is -2.54. The summed E-state index contributed by atoms with van der Waals surface area (Å²) in [6.45, 7) is 4.03. The maximum absolute atomic E-state index is 12.0. The molecule has 0 aromatic rings. The first-order valence-electron chi connectivity index (χ1n) is 7.97. The predicted molar refractivity (Wildman–Crippen MR) is 75.3 cm³/mol. The van der Waals surface area contributed by atoms with E-state index < -0.39 is 5.54 Å². The molecule has 20 heavy (non-hydrogen) atoms. The minimum absolute atomic E-state index is 0.223. The van der Waals surface area contributed by atoms with E-state index in [1.165, 1.54) is 19.3 Å². The van der Waals surface area contributed by atoms with Crippen LogP contribution in [0.5, 0.6) is 0 Å². The van der Waals surface area contributed by atoms with Gasteiger partial charge in [0.25, 0.3) is 0 Å². The summed E-state index contributed by atoms with van der Waals surface area (Å²) in [6.07, 6.45) is 6.53. The van der Waals surface area contributed by atoms with Crippen LogP contribution in [0.25, 0.3) is 0 Å². The zero-order valence-corrected chi connectivity index (χ0v) is 12.3. The molecule has 0 aromatic carbocycles. The topological polar surface area (TPSA) is 64.8 Å². The zero-order valence-electron chi connectivity index (χ0n) is 12.3. The molecular weight excluding hydrogens is 256 g/mol. The SMILES string of the molecule is CCOC(=O)C1(N)CCC(N2CCOC3CCCC32)C1. The van der Waals surface area contributed by atoms with Crippen molar-refractivity contribution in [3.8, 4) is 0 Å². The molecule has 4 unspecified atom stereocenters. The highest BCUT2D eigenvalue weighted by atomic mass is 16.5. The number of morpholine rings is 1. The maximum Gasteiger partial charge on any atom is 0.326 e. The average molecular weight is 282 g/mol. The van der Waals surface area contributed by atoms with Gasteiger partial charge in [0.15, 0.2) is 0 Å². The summed E-state index contributed by atoms with van der Waals surface area (Å²) in [5.41, 5.74) is 5.52. The number of esters is 1. The lowest BCUT2D eigenvalue weighted by molar-refractivity contribution is -0.149. The Balaban J connectivity index is 1.65. The smallest absolute Gasteiger partial charge is 0.326 e. The molecule has 0 radical (unpaired) electrons. The summed E-state index contributed by atoms with van der Waals surface area (Å²) < 4.78 is 11.0. The van der Waals surface area contributed by atoms with Gasteiger partial charge in [0.1, 0.15) is 5.54 Å². The van der Waals surface area contributed by atoms with Gasteiger partial charge in [0.2, 0.25) is 0 Å². The van der Waals surface area contributed by atoms with Gasteiger partial charge in [-0.1, -0.05) is 0 Å². The second kappa shape index (κ2) is 5.62. The number of hydrogen-bond donors (Lipinski definition) is 1. The van der Waals surface area contributed by atoms with Crippen LogP contribution in [-0.2, 0) is 14.3 Å².